The van der Waals surface area contributed by atoms with Crippen LogP contribution in [0.3, 0.4) is 0 Å². The van der Waals surface area contributed by atoms with Crippen LogP contribution in [0.1, 0.15) is 46.5 Å². The van der Waals surface area contributed by atoms with Gasteiger partial charge < -0.3 is 4.90 Å². The molecule has 0 heterocycles. The first-order valence-electron chi connectivity index (χ1n) is 6.42. The molecule has 1 unspecified atom stereocenters. The SMILES string of the molecule is CC(C)CN(C(=O)C(C)CCl)C1CCCC1. The number of halogens is 1. The lowest BCUT2D eigenvalue weighted by molar-refractivity contribution is -0.137. The Labute approximate surface area is 104 Å². The van der Waals surface area contributed by atoms with Gasteiger partial charge in [-0.15, -0.1) is 11.6 Å². The molecule has 0 spiro atoms. The van der Waals surface area contributed by atoms with Gasteiger partial charge in [0, 0.05) is 24.4 Å². The summed E-state index contributed by atoms with van der Waals surface area (Å²) in [5, 5.41) is 0. The van der Waals surface area contributed by atoms with Gasteiger partial charge in [-0.05, 0) is 18.8 Å². The summed E-state index contributed by atoms with van der Waals surface area (Å²) >= 11 is 5.79. The molecule has 0 aromatic rings. The Morgan fingerprint density at radius 1 is 1.31 bits per heavy atom. The van der Waals surface area contributed by atoms with Gasteiger partial charge in [-0.25, -0.2) is 0 Å². The van der Waals surface area contributed by atoms with Gasteiger partial charge in [0.15, 0.2) is 0 Å². The number of hydrogen-bond acceptors (Lipinski definition) is 1. The highest BCUT2D eigenvalue weighted by Crippen LogP contribution is 2.25. The summed E-state index contributed by atoms with van der Waals surface area (Å²) in [5.74, 6) is 1.17. The highest BCUT2D eigenvalue weighted by molar-refractivity contribution is 6.19. The van der Waals surface area contributed by atoms with Gasteiger partial charge >= 0.3 is 0 Å². The van der Waals surface area contributed by atoms with E-state index < -0.39 is 0 Å². The minimum Gasteiger partial charge on any atom is -0.339 e. The van der Waals surface area contributed by atoms with E-state index in [1.54, 1.807) is 0 Å². The van der Waals surface area contributed by atoms with Crippen LogP contribution in [0.4, 0.5) is 0 Å². The number of carbonyl (C=O) groups is 1. The van der Waals surface area contributed by atoms with Gasteiger partial charge in [0.1, 0.15) is 0 Å². The van der Waals surface area contributed by atoms with Crippen molar-refractivity contribution in [3.05, 3.63) is 0 Å². The third-order valence-electron chi connectivity index (χ3n) is 3.26. The first-order valence-corrected chi connectivity index (χ1v) is 6.96. The van der Waals surface area contributed by atoms with Crippen LogP contribution in [0.25, 0.3) is 0 Å². The fraction of sp³-hybridized carbons (Fsp3) is 0.923. The highest BCUT2D eigenvalue weighted by Gasteiger charge is 2.29. The Bertz CT molecular complexity index is 224. The topological polar surface area (TPSA) is 20.3 Å². The molecule has 0 N–H and O–H groups in total. The van der Waals surface area contributed by atoms with Crippen LogP contribution >= 0.6 is 11.6 Å². The zero-order valence-electron chi connectivity index (χ0n) is 10.7. The van der Waals surface area contributed by atoms with Crippen LogP contribution < -0.4 is 0 Å². The Kier molecular flexibility index (Phi) is 5.60. The normalized spacial score (nSPS) is 19.1. The summed E-state index contributed by atoms with van der Waals surface area (Å²) < 4.78 is 0. The largest absolute Gasteiger partial charge is 0.339 e. The molecule has 1 saturated carbocycles. The molecule has 0 aromatic carbocycles. The number of alkyl halides is 1. The minimum absolute atomic E-state index is 0.0407. The molecular weight excluding hydrogens is 222 g/mol. The molecule has 1 rings (SSSR count). The zero-order valence-corrected chi connectivity index (χ0v) is 11.5. The van der Waals surface area contributed by atoms with Gasteiger partial charge in [-0.1, -0.05) is 33.6 Å². The van der Waals surface area contributed by atoms with Crippen molar-refractivity contribution in [2.75, 3.05) is 12.4 Å². The standard InChI is InChI=1S/C13H24ClNO/c1-10(2)9-15(12-6-4-5-7-12)13(16)11(3)8-14/h10-12H,4-9H2,1-3H3. The highest BCUT2D eigenvalue weighted by atomic mass is 35.5. The monoisotopic (exact) mass is 245 g/mol. The van der Waals surface area contributed by atoms with Gasteiger partial charge in [0.2, 0.25) is 5.91 Å². The van der Waals surface area contributed by atoms with E-state index in [0.717, 1.165) is 6.54 Å². The Balaban J connectivity index is 2.65. The fourth-order valence-electron chi connectivity index (χ4n) is 2.38. The van der Waals surface area contributed by atoms with Crippen LogP contribution in [0, 0.1) is 11.8 Å². The molecule has 16 heavy (non-hydrogen) atoms. The predicted octanol–water partition coefficient (Wildman–Crippen LogP) is 3.29. The van der Waals surface area contributed by atoms with Gasteiger partial charge in [-0.2, -0.15) is 0 Å². The van der Waals surface area contributed by atoms with E-state index in [1.165, 1.54) is 25.7 Å². The number of hydrogen-bond donors (Lipinski definition) is 0. The minimum atomic E-state index is -0.0407. The summed E-state index contributed by atoms with van der Waals surface area (Å²) in [6, 6.07) is 0.473. The number of amides is 1. The van der Waals surface area contributed by atoms with Crippen molar-refractivity contribution in [2.24, 2.45) is 11.8 Å². The van der Waals surface area contributed by atoms with E-state index in [0.29, 0.717) is 17.8 Å². The second-order valence-electron chi connectivity index (χ2n) is 5.38. The number of carbonyl (C=O) groups excluding carboxylic acids is 1. The van der Waals surface area contributed by atoms with Crippen molar-refractivity contribution in [3.63, 3.8) is 0 Å². The molecule has 1 aliphatic carbocycles. The van der Waals surface area contributed by atoms with Crippen molar-refractivity contribution < 1.29 is 4.79 Å². The van der Waals surface area contributed by atoms with Gasteiger partial charge in [-0.3, -0.25) is 4.79 Å². The molecule has 1 atom stereocenters. The first-order chi connectivity index (χ1) is 7.56. The summed E-state index contributed by atoms with van der Waals surface area (Å²) in [6.07, 6.45) is 4.88. The van der Waals surface area contributed by atoms with E-state index in [-0.39, 0.29) is 11.8 Å². The van der Waals surface area contributed by atoms with E-state index in [9.17, 15) is 4.79 Å². The van der Waals surface area contributed by atoms with E-state index >= 15 is 0 Å². The molecule has 0 bridgehead atoms. The average molecular weight is 246 g/mol. The van der Waals surface area contributed by atoms with Crippen molar-refractivity contribution >= 4 is 17.5 Å². The maximum atomic E-state index is 12.2. The van der Waals surface area contributed by atoms with Crippen LogP contribution in [-0.4, -0.2) is 29.3 Å². The van der Waals surface area contributed by atoms with E-state index in [4.69, 9.17) is 11.6 Å². The summed E-state index contributed by atoms with van der Waals surface area (Å²) in [4.78, 5) is 14.3. The third kappa shape index (κ3) is 3.65. The Morgan fingerprint density at radius 2 is 1.88 bits per heavy atom. The average Bonchev–Trinajstić information content (AvgIpc) is 2.76. The maximum absolute atomic E-state index is 12.2. The summed E-state index contributed by atoms with van der Waals surface area (Å²) in [7, 11) is 0. The molecule has 0 aromatic heterocycles. The molecule has 3 heteroatoms. The molecular formula is C13H24ClNO. The molecule has 0 saturated heterocycles. The van der Waals surface area contributed by atoms with Gasteiger partial charge in [0.25, 0.3) is 0 Å². The Hall–Kier alpha value is -0.240. The molecule has 0 radical (unpaired) electrons. The van der Waals surface area contributed by atoms with Crippen molar-refractivity contribution in [3.8, 4) is 0 Å². The molecule has 0 aliphatic heterocycles. The van der Waals surface area contributed by atoms with E-state index in [2.05, 4.69) is 18.7 Å². The van der Waals surface area contributed by atoms with Crippen LogP contribution in [0.5, 0.6) is 0 Å². The lowest BCUT2D eigenvalue weighted by atomic mass is 10.1. The van der Waals surface area contributed by atoms with Crippen LogP contribution in [-0.2, 0) is 4.79 Å². The van der Waals surface area contributed by atoms with Gasteiger partial charge in [0.05, 0.1) is 0 Å². The van der Waals surface area contributed by atoms with Crippen LogP contribution in [0.15, 0.2) is 0 Å². The second-order valence-corrected chi connectivity index (χ2v) is 5.69. The Morgan fingerprint density at radius 3 is 2.31 bits per heavy atom. The third-order valence-corrected chi connectivity index (χ3v) is 3.73. The molecule has 1 amide bonds. The fourth-order valence-corrected chi connectivity index (χ4v) is 2.51. The van der Waals surface area contributed by atoms with Crippen LogP contribution in [0.2, 0.25) is 0 Å². The number of rotatable bonds is 5. The number of nitrogens with zero attached hydrogens (tertiary/aromatic N) is 1. The molecule has 94 valence electrons. The predicted molar refractivity (Wildman–Crippen MR) is 68.7 cm³/mol. The first kappa shape index (κ1) is 13.8. The maximum Gasteiger partial charge on any atom is 0.226 e. The summed E-state index contributed by atoms with van der Waals surface area (Å²) in [6.45, 7) is 7.14. The molecule has 1 fully saturated rings. The van der Waals surface area contributed by atoms with Crippen molar-refractivity contribution in [1.29, 1.82) is 0 Å². The van der Waals surface area contributed by atoms with E-state index in [1.807, 2.05) is 6.92 Å². The second kappa shape index (κ2) is 6.48. The zero-order chi connectivity index (χ0) is 12.1. The quantitative estimate of drug-likeness (QED) is 0.681. The smallest absolute Gasteiger partial charge is 0.226 e. The van der Waals surface area contributed by atoms with Crippen molar-refractivity contribution in [1.82, 2.24) is 4.90 Å². The molecule has 2 nitrogen and oxygen atoms in total. The lowest BCUT2D eigenvalue weighted by Crippen LogP contribution is -2.44. The van der Waals surface area contributed by atoms with Crippen molar-refractivity contribution in [2.45, 2.75) is 52.5 Å². The molecule has 1 aliphatic rings. The lowest BCUT2D eigenvalue weighted by Gasteiger charge is -2.32. The summed E-state index contributed by atoms with van der Waals surface area (Å²) in [5.41, 5.74) is 0.